The SMILES string of the molecule is CCCCNCCSSc1ccccn1. The lowest BCUT2D eigenvalue weighted by Gasteiger charge is -2.02. The van der Waals surface area contributed by atoms with E-state index < -0.39 is 0 Å². The fraction of sp³-hybridized carbons (Fsp3) is 0.545. The van der Waals surface area contributed by atoms with Crippen molar-refractivity contribution in [2.75, 3.05) is 18.8 Å². The Hall–Kier alpha value is -0.190. The molecule has 0 aliphatic rings. The van der Waals surface area contributed by atoms with Crippen LogP contribution in [0.3, 0.4) is 0 Å². The zero-order valence-corrected chi connectivity index (χ0v) is 10.7. The molecule has 2 nitrogen and oxygen atoms in total. The van der Waals surface area contributed by atoms with Crippen molar-refractivity contribution in [2.45, 2.75) is 24.8 Å². The predicted molar refractivity (Wildman–Crippen MR) is 70.3 cm³/mol. The van der Waals surface area contributed by atoms with Gasteiger partial charge in [0.25, 0.3) is 0 Å². The molecule has 4 heteroatoms. The number of hydrogen-bond donors (Lipinski definition) is 1. The summed E-state index contributed by atoms with van der Waals surface area (Å²) >= 11 is 0. The van der Waals surface area contributed by atoms with Gasteiger partial charge in [0.15, 0.2) is 0 Å². The van der Waals surface area contributed by atoms with Gasteiger partial charge < -0.3 is 5.32 Å². The number of aromatic nitrogens is 1. The zero-order valence-electron chi connectivity index (χ0n) is 9.11. The largest absolute Gasteiger partial charge is 0.316 e. The van der Waals surface area contributed by atoms with Crippen molar-refractivity contribution < 1.29 is 0 Å². The quantitative estimate of drug-likeness (QED) is 0.559. The monoisotopic (exact) mass is 242 g/mol. The van der Waals surface area contributed by atoms with Gasteiger partial charge in [-0.05, 0) is 35.9 Å². The number of unbranched alkanes of at least 4 members (excludes halogenated alkanes) is 1. The van der Waals surface area contributed by atoms with Crippen LogP contribution in [0.4, 0.5) is 0 Å². The van der Waals surface area contributed by atoms with Crippen molar-refractivity contribution in [3.63, 3.8) is 0 Å². The topological polar surface area (TPSA) is 24.9 Å². The Morgan fingerprint density at radius 2 is 2.27 bits per heavy atom. The van der Waals surface area contributed by atoms with Gasteiger partial charge in [0.05, 0.1) is 0 Å². The molecule has 0 aliphatic carbocycles. The van der Waals surface area contributed by atoms with E-state index in [9.17, 15) is 0 Å². The fourth-order valence-electron chi connectivity index (χ4n) is 1.04. The molecule has 0 unspecified atom stereocenters. The minimum atomic E-state index is 1.09. The molecule has 0 amide bonds. The van der Waals surface area contributed by atoms with E-state index in [2.05, 4.69) is 17.2 Å². The second-order valence-corrected chi connectivity index (χ2v) is 5.61. The average molecular weight is 242 g/mol. The van der Waals surface area contributed by atoms with Crippen LogP contribution in [-0.2, 0) is 0 Å². The fourth-order valence-corrected chi connectivity index (χ4v) is 2.87. The summed E-state index contributed by atoms with van der Waals surface area (Å²) < 4.78 is 0. The summed E-state index contributed by atoms with van der Waals surface area (Å²) in [6, 6.07) is 6.01. The first-order valence-corrected chi connectivity index (χ1v) is 7.66. The van der Waals surface area contributed by atoms with Crippen LogP contribution in [-0.4, -0.2) is 23.8 Å². The number of rotatable bonds is 8. The first kappa shape index (κ1) is 12.9. The van der Waals surface area contributed by atoms with E-state index in [1.165, 1.54) is 12.8 Å². The maximum atomic E-state index is 4.25. The highest BCUT2D eigenvalue weighted by Gasteiger charge is 1.94. The number of nitrogens with one attached hydrogen (secondary N) is 1. The molecular formula is C11H18N2S2. The van der Waals surface area contributed by atoms with Crippen LogP contribution < -0.4 is 5.32 Å². The van der Waals surface area contributed by atoms with Crippen LogP contribution in [0.25, 0.3) is 0 Å². The normalized spacial score (nSPS) is 10.5. The second kappa shape index (κ2) is 9.07. The first-order chi connectivity index (χ1) is 7.43. The molecule has 0 aliphatic heterocycles. The van der Waals surface area contributed by atoms with Crippen molar-refractivity contribution in [2.24, 2.45) is 0 Å². The number of nitrogens with zero attached hydrogens (tertiary/aromatic N) is 1. The summed E-state index contributed by atoms with van der Waals surface area (Å²) in [5.74, 6) is 1.13. The molecule has 1 heterocycles. The van der Waals surface area contributed by atoms with E-state index in [1.807, 2.05) is 35.2 Å². The molecule has 0 radical (unpaired) electrons. The highest BCUT2D eigenvalue weighted by Crippen LogP contribution is 2.28. The van der Waals surface area contributed by atoms with E-state index in [1.54, 1.807) is 10.8 Å². The van der Waals surface area contributed by atoms with Crippen molar-refractivity contribution in [3.8, 4) is 0 Å². The van der Waals surface area contributed by atoms with Crippen LogP contribution in [0.2, 0.25) is 0 Å². The van der Waals surface area contributed by atoms with Gasteiger partial charge in [-0.1, -0.05) is 30.2 Å². The van der Waals surface area contributed by atoms with E-state index in [4.69, 9.17) is 0 Å². The zero-order chi connectivity index (χ0) is 10.8. The Kier molecular flexibility index (Phi) is 7.78. The highest BCUT2D eigenvalue weighted by molar-refractivity contribution is 8.76. The lowest BCUT2D eigenvalue weighted by molar-refractivity contribution is 0.666. The third-order valence-electron chi connectivity index (χ3n) is 1.85. The average Bonchev–Trinajstić information content (AvgIpc) is 2.29. The van der Waals surface area contributed by atoms with Gasteiger partial charge in [-0.3, -0.25) is 0 Å². The van der Waals surface area contributed by atoms with E-state index >= 15 is 0 Å². The Bertz CT molecular complexity index is 242. The maximum Gasteiger partial charge on any atom is 0.106 e. The molecule has 0 aromatic carbocycles. The summed E-state index contributed by atoms with van der Waals surface area (Å²) in [6.07, 6.45) is 4.38. The molecule has 0 saturated heterocycles. The molecule has 1 aromatic rings. The van der Waals surface area contributed by atoms with Crippen molar-refractivity contribution in [1.82, 2.24) is 10.3 Å². The second-order valence-electron chi connectivity index (χ2n) is 3.18. The summed E-state index contributed by atoms with van der Waals surface area (Å²) in [5.41, 5.74) is 0. The lowest BCUT2D eigenvalue weighted by atomic mass is 10.3. The minimum absolute atomic E-state index is 1.09. The Balaban J connectivity index is 1.93. The molecule has 1 rings (SSSR count). The molecule has 0 spiro atoms. The molecular weight excluding hydrogens is 224 g/mol. The summed E-state index contributed by atoms with van der Waals surface area (Å²) in [4.78, 5) is 4.25. The van der Waals surface area contributed by atoms with Gasteiger partial charge in [-0.25, -0.2) is 4.98 Å². The van der Waals surface area contributed by atoms with E-state index in [0.29, 0.717) is 0 Å². The van der Waals surface area contributed by atoms with Gasteiger partial charge >= 0.3 is 0 Å². The van der Waals surface area contributed by atoms with E-state index in [-0.39, 0.29) is 0 Å². The van der Waals surface area contributed by atoms with Crippen LogP contribution in [0, 0.1) is 0 Å². The molecule has 15 heavy (non-hydrogen) atoms. The Morgan fingerprint density at radius 3 is 3.00 bits per heavy atom. The maximum absolute atomic E-state index is 4.25. The third kappa shape index (κ3) is 6.82. The summed E-state index contributed by atoms with van der Waals surface area (Å²) in [7, 11) is 3.61. The predicted octanol–water partition coefficient (Wildman–Crippen LogP) is 3.21. The lowest BCUT2D eigenvalue weighted by Crippen LogP contribution is -2.17. The summed E-state index contributed by atoms with van der Waals surface area (Å²) in [5, 5.41) is 4.51. The summed E-state index contributed by atoms with van der Waals surface area (Å²) in [6.45, 7) is 4.45. The van der Waals surface area contributed by atoms with Gasteiger partial charge in [0, 0.05) is 18.5 Å². The van der Waals surface area contributed by atoms with Crippen LogP contribution in [0.15, 0.2) is 29.4 Å². The van der Waals surface area contributed by atoms with E-state index in [0.717, 1.165) is 23.9 Å². The van der Waals surface area contributed by atoms with Crippen molar-refractivity contribution >= 4 is 21.6 Å². The molecule has 0 bridgehead atoms. The van der Waals surface area contributed by atoms with Gasteiger partial charge in [0.2, 0.25) is 0 Å². The van der Waals surface area contributed by atoms with Crippen molar-refractivity contribution in [1.29, 1.82) is 0 Å². The smallest absolute Gasteiger partial charge is 0.106 e. The van der Waals surface area contributed by atoms with Crippen LogP contribution in [0.1, 0.15) is 19.8 Å². The number of pyridine rings is 1. The molecule has 1 N–H and O–H groups in total. The van der Waals surface area contributed by atoms with Gasteiger partial charge in [-0.15, -0.1) is 0 Å². The molecule has 1 aromatic heterocycles. The van der Waals surface area contributed by atoms with Gasteiger partial charge in [0.1, 0.15) is 5.03 Å². The van der Waals surface area contributed by atoms with Gasteiger partial charge in [-0.2, -0.15) is 0 Å². The third-order valence-corrected chi connectivity index (χ3v) is 4.12. The molecule has 84 valence electrons. The minimum Gasteiger partial charge on any atom is -0.316 e. The van der Waals surface area contributed by atoms with Crippen molar-refractivity contribution in [3.05, 3.63) is 24.4 Å². The first-order valence-electron chi connectivity index (χ1n) is 5.34. The number of hydrogen-bond acceptors (Lipinski definition) is 4. The van der Waals surface area contributed by atoms with Crippen LogP contribution >= 0.6 is 21.6 Å². The highest BCUT2D eigenvalue weighted by atomic mass is 33.1. The Labute approximate surface area is 100 Å². The Morgan fingerprint density at radius 1 is 1.33 bits per heavy atom. The molecule has 0 atom stereocenters. The molecule has 0 fully saturated rings. The molecule has 0 saturated carbocycles. The van der Waals surface area contributed by atoms with Crippen LogP contribution in [0.5, 0.6) is 0 Å². The standard InChI is InChI=1S/C11H18N2S2/c1-2-3-7-12-9-10-14-15-11-6-4-5-8-13-11/h4-6,8,12H,2-3,7,9-10H2,1H3.